The Labute approximate surface area is 179 Å². The zero-order valence-corrected chi connectivity index (χ0v) is 21.3. The first-order valence-electron chi connectivity index (χ1n) is 10.2. The average Bonchev–Trinajstić information content (AvgIpc) is 2.70. The first-order valence-corrected chi connectivity index (χ1v) is 15.5. The summed E-state index contributed by atoms with van der Waals surface area (Å²) in [6, 6.07) is 26.1. The summed E-state index contributed by atoms with van der Waals surface area (Å²) in [6.07, 6.45) is 2.20. The van der Waals surface area contributed by atoms with Gasteiger partial charge >= 0.3 is 180 Å². The van der Waals surface area contributed by atoms with E-state index in [1.54, 1.807) is 9.81 Å². The zero-order valence-electron chi connectivity index (χ0n) is 17.9. The Balaban J connectivity index is 2.15. The molecular formula is C26H32BiN. The molecule has 0 amide bonds. The standard InChI is InChI=1S/C10H14N.2C8H9.Bi/c1-9-5-4-6-10(7-9)8-11(2)3;2*1-2-8-6-4-3-5-7-8;/h4-5,7H,8H2,1-3H3;2*4-7H,2H2,1H3;. The molecule has 0 radical (unpaired) electrons. The molecule has 0 fully saturated rings. The third-order valence-corrected chi connectivity index (χ3v) is 15.1. The number of nitrogens with zero attached hydrogens (tertiary/aromatic N) is 1. The van der Waals surface area contributed by atoms with Gasteiger partial charge in [-0.1, -0.05) is 0 Å². The van der Waals surface area contributed by atoms with Crippen molar-refractivity contribution in [3.8, 4) is 0 Å². The second kappa shape index (κ2) is 9.81. The molecule has 0 saturated heterocycles. The van der Waals surface area contributed by atoms with Gasteiger partial charge in [0.25, 0.3) is 0 Å². The number of hydrogen-bond donors (Lipinski definition) is 0. The van der Waals surface area contributed by atoms with Gasteiger partial charge < -0.3 is 0 Å². The molecule has 2 heteroatoms. The molecule has 0 spiro atoms. The van der Waals surface area contributed by atoms with Crippen LogP contribution in [0.1, 0.15) is 36.1 Å². The normalized spacial score (nSPS) is 11.4. The number of benzene rings is 3. The van der Waals surface area contributed by atoms with Crippen molar-refractivity contribution in [1.29, 1.82) is 0 Å². The molecule has 0 aliphatic heterocycles. The fraction of sp³-hybridized carbons (Fsp3) is 0.308. The van der Waals surface area contributed by atoms with Crippen LogP contribution in [0.2, 0.25) is 0 Å². The van der Waals surface area contributed by atoms with Gasteiger partial charge in [0.15, 0.2) is 0 Å². The maximum atomic E-state index is 2.42. The van der Waals surface area contributed by atoms with Gasteiger partial charge in [0.1, 0.15) is 0 Å². The summed E-state index contributed by atoms with van der Waals surface area (Å²) in [4.78, 5) is 2.29. The summed E-state index contributed by atoms with van der Waals surface area (Å²) in [7, 11) is 4.34. The van der Waals surface area contributed by atoms with Crippen molar-refractivity contribution in [2.24, 2.45) is 0 Å². The maximum absolute atomic E-state index is 2.42. The molecule has 3 rings (SSSR count). The summed E-state index contributed by atoms with van der Waals surface area (Å²) >= 11 is -2.35. The predicted molar refractivity (Wildman–Crippen MR) is 125 cm³/mol. The Bertz CT molecular complexity index is 847. The third-order valence-electron chi connectivity index (χ3n) is 5.17. The van der Waals surface area contributed by atoms with Gasteiger partial charge in [-0.15, -0.1) is 0 Å². The zero-order chi connectivity index (χ0) is 20.1. The monoisotopic (exact) mass is 567 g/mol. The molecule has 146 valence electrons. The quantitative estimate of drug-likeness (QED) is 0.394. The fourth-order valence-corrected chi connectivity index (χ4v) is 12.9. The van der Waals surface area contributed by atoms with Crippen LogP contribution in [0.25, 0.3) is 0 Å². The third kappa shape index (κ3) is 5.10. The average molecular weight is 568 g/mol. The van der Waals surface area contributed by atoms with Crippen molar-refractivity contribution >= 4 is 31.6 Å². The Morgan fingerprint density at radius 2 is 1.21 bits per heavy atom. The second-order valence-corrected chi connectivity index (χ2v) is 16.2. The summed E-state index contributed by atoms with van der Waals surface area (Å²) < 4.78 is 4.75. The number of aryl methyl sites for hydroxylation is 3. The minimum absolute atomic E-state index is 1.00. The number of rotatable bonds is 7. The predicted octanol–water partition coefficient (Wildman–Crippen LogP) is 3.70. The topological polar surface area (TPSA) is 3.24 Å². The van der Waals surface area contributed by atoms with Crippen LogP contribution in [0.4, 0.5) is 0 Å². The Morgan fingerprint density at radius 1 is 0.714 bits per heavy atom. The van der Waals surface area contributed by atoms with Crippen LogP contribution in [0.15, 0.2) is 66.7 Å². The molecule has 0 N–H and O–H groups in total. The van der Waals surface area contributed by atoms with Crippen LogP contribution in [-0.4, -0.2) is 40.7 Å². The SMILES string of the molecule is CCc1cc[c]([Bi]([c]2ccc(CC)cc2)[c]2ccc(C)cc2CN(C)C)cc1. The van der Waals surface area contributed by atoms with E-state index in [-0.39, 0.29) is 0 Å². The van der Waals surface area contributed by atoms with Gasteiger partial charge in [-0.2, -0.15) is 0 Å². The Hall–Kier alpha value is -1.50. The first-order chi connectivity index (χ1) is 13.5. The van der Waals surface area contributed by atoms with E-state index in [0.29, 0.717) is 0 Å². The van der Waals surface area contributed by atoms with Crippen LogP contribution in [0, 0.1) is 6.92 Å². The summed E-state index contributed by atoms with van der Waals surface area (Å²) in [5.41, 5.74) is 5.70. The van der Waals surface area contributed by atoms with Gasteiger partial charge in [-0.05, 0) is 0 Å². The second-order valence-electron chi connectivity index (χ2n) is 7.75. The minimum atomic E-state index is -2.35. The van der Waals surface area contributed by atoms with Crippen molar-refractivity contribution in [1.82, 2.24) is 4.90 Å². The molecule has 3 aromatic carbocycles. The van der Waals surface area contributed by atoms with Crippen LogP contribution in [-0.2, 0) is 19.4 Å². The summed E-state index contributed by atoms with van der Waals surface area (Å²) in [5.74, 6) is 0. The van der Waals surface area contributed by atoms with E-state index in [1.165, 1.54) is 22.3 Å². The van der Waals surface area contributed by atoms with Crippen molar-refractivity contribution in [2.45, 2.75) is 40.2 Å². The molecule has 3 aromatic rings. The molecule has 0 saturated carbocycles. The molecule has 0 aliphatic carbocycles. The van der Waals surface area contributed by atoms with Crippen molar-refractivity contribution in [3.05, 3.63) is 89.0 Å². The van der Waals surface area contributed by atoms with Gasteiger partial charge in [0, 0.05) is 0 Å². The van der Waals surface area contributed by atoms with Crippen LogP contribution >= 0.6 is 0 Å². The molecule has 0 bridgehead atoms. The van der Waals surface area contributed by atoms with Gasteiger partial charge in [-0.25, -0.2) is 0 Å². The molecule has 0 aliphatic rings. The van der Waals surface area contributed by atoms with E-state index in [1.807, 2.05) is 0 Å². The van der Waals surface area contributed by atoms with Gasteiger partial charge in [0.2, 0.25) is 0 Å². The van der Waals surface area contributed by atoms with E-state index in [9.17, 15) is 0 Å². The Morgan fingerprint density at radius 3 is 1.64 bits per heavy atom. The van der Waals surface area contributed by atoms with Gasteiger partial charge in [-0.3, -0.25) is 0 Å². The van der Waals surface area contributed by atoms with Crippen LogP contribution < -0.4 is 9.81 Å². The molecule has 0 heterocycles. The summed E-state index contributed by atoms with van der Waals surface area (Å²) in [5, 5.41) is 0. The van der Waals surface area contributed by atoms with E-state index < -0.39 is 21.8 Å². The molecule has 0 aromatic heterocycles. The van der Waals surface area contributed by atoms with Crippen molar-refractivity contribution in [3.63, 3.8) is 0 Å². The van der Waals surface area contributed by atoms with Crippen molar-refractivity contribution in [2.75, 3.05) is 14.1 Å². The fourth-order valence-electron chi connectivity index (χ4n) is 3.59. The van der Waals surface area contributed by atoms with E-state index >= 15 is 0 Å². The van der Waals surface area contributed by atoms with Gasteiger partial charge in [0.05, 0.1) is 0 Å². The molecule has 28 heavy (non-hydrogen) atoms. The van der Waals surface area contributed by atoms with Crippen LogP contribution in [0.3, 0.4) is 0 Å². The number of hydrogen-bond acceptors (Lipinski definition) is 1. The molecular weight excluding hydrogens is 535 g/mol. The van der Waals surface area contributed by atoms with Crippen LogP contribution in [0.5, 0.6) is 0 Å². The first kappa shape index (κ1) is 21.2. The van der Waals surface area contributed by atoms with E-state index in [2.05, 4.69) is 106 Å². The molecule has 0 unspecified atom stereocenters. The Kier molecular flexibility index (Phi) is 7.44. The van der Waals surface area contributed by atoms with E-state index in [4.69, 9.17) is 0 Å². The molecule has 1 nitrogen and oxygen atoms in total. The molecule has 0 atom stereocenters. The van der Waals surface area contributed by atoms with E-state index in [0.717, 1.165) is 19.4 Å². The van der Waals surface area contributed by atoms with Crippen molar-refractivity contribution < 1.29 is 0 Å². The summed E-state index contributed by atoms with van der Waals surface area (Å²) in [6.45, 7) is 7.67.